The van der Waals surface area contributed by atoms with Crippen LogP contribution in [0, 0.1) is 0 Å². The summed E-state index contributed by atoms with van der Waals surface area (Å²) in [5, 5.41) is 0. The third-order valence-corrected chi connectivity index (χ3v) is 1.25. The molecule has 3 nitrogen and oxygen atoms in total. The van der Waals surface area contributed by atoms with Gasteiger partial charge >= 0.3 is 0 Å². The van der Waals surface area contributed by atoms with Crippen molar-refractivity contribution in [3.8, 4) is 0 Å². The molecule has 0 aromatic heterocycles. The summed E-state index contributed by atoms with van der Waals surface area (Å²) >= 11 is 0. The third-order valence-electron chi connectivity index (χ3n) is 1.25. The van der Waals surface area contributed by atoms with Crippen molar-refractivity contribution in [2.24, 2.45) is 11.5 Å². The molecule has 0 spiro atoms. The fourth-order valence-corrected chi connectivity index (χ4v) is 0.693. The molecule has 3 heteroatoms. The lowest BCUT2D eigenvalue weighted by Crippen LogP contribution is -2.27. The van der Waals surface area contributed by atoms with Crippen molar-refractivity contribution < 1.29 is 0 Å². The minimum absolute atomic E-state index is 0.737. The van der Waals surface area contributed by atoms with Gasteiger partial charge in [0.15, 0.2) is 0 Å². The molecule has 0 unspecified atom stereocenters. The van der Waals surface area contributed by atoms with E-state index < -0.39 is 0 Å². The van der Waals surface area contributed by atoms with Crippen LogP contribution in [0.15, 0.2) is 0 Å². The number of nitrogens with zero attached hydrogens (tertiary/aromatic N) is 1. The predicted octanol–water partition coefficient (Wildman–Crippen LogP) is -0.774. The molecule has 0 aliphatic rings. The topological polar surface area (TPSA) is 55.3 Å². The van der Waals surface area contributed by atoms with E-state index in [2.05, 4.69) is 11.9 Å². The van der Waals surface area contributed by atoms with E-state index in [1.165, 1.54) is 0 Å². The van der Waals surface area contributed by atoms with Crippen LogP contribution in [0.25, 0.3) is 0 Å². The highest BCUT2D eigenvalue weighted by atomic mass is 15.1. The fraction of sp³-hybridized carbons (Fsp3) is 1.00. The van der Waals surface area contributed by atoms with Gasteiger partial charge in [0, 0.05) is 13.1 Å². The molecule has 0 bridgehead atoms. The molecular weight excluding hydrogens is 114 g/mol. The smallest absolute Gasteiger partial charge is 0.0102 e. The first kappa shape index (κ1) is 8.88. The van der Waals surface area contributed by atoms with Crippen LogP contribution in [0.4, 0.5) is 0 Å². The van der Waals surface area contributed by atoms with E-state index in [-0.39, 0.29) is 0 Å². The highest BCUT2D eigenvalue weighted by Crippen LogP contribution is 1.82. The first-order chi connectivity index (χ1) is 4.31. The highest BCUT2D eigenvalue weighted by molar-refractivity contribution is 4.51. The molecule has 0 aromatic rings. The van der Waals surface area contributed by atoms with Crippen molar-refractivity contribution in [1.29, 1.82) is 0 Å². The van der Waals surface area contributed by atoms with Gasteiger partial charge in [-0.2, -0.15) is 0 Å². The van der Waals surface area contributed by atoms with E-state index in [0.717, 1.165) is 32.6 Å². The van der Waals surface area contributed by atoms with Crippen molar-refractivity contribution in [1.82, 2.24) is 4.90 Å². The van der Waals surface area contributed by atoms with Gasteiger partial charge in [0.25, 0.3) is 0 Å². The lowest BCUT2D eigenvalue weighted by molar-refractivity contribution is 0.340. The summed E-state index contributed by atoms with van der Waals surface area (Å²) in [6.07, 6.45) is 1.07. The van der Waals surface area contributed by atoms with Crippen LogP contribution in [-0.4, -0.2) is 38.1 Å². The van der Waals surface area contributed by atoms with E-state index >= 15 is 0 Å². The number of rotatable bonds is 5. The third kappa shape index (κ3) is 5.76. The molecule has 4 N–H and O–H groups in total. The Morgan fingerprint density at radius 3 is 2.22 bits per heavy atom. The van der Waals surface area contributed by atoms with Crippen LogP contribution in [0.3, 0.4) is 0 Å². The molecule has 0 saturated carbocycles. The maximum absolute atomic E-state index is 5.33. The molecule has 0 radical (unpaired) electrons. The Balaban J connectivity index is 2.95. The van der Waals surface area contributed by atoms with Gasteiger partial charge in [0.1, 0.15) is 0 Å². The minimum Gasteiger partial charge on any atom is -0.330 e. The van der Waals surface area contributed by atoms with Crippen LogP contribution in [0.5, 0.6) is 0 Å². The average Bonchev–Trinajstić information content (AvgIpc) is 1.85. The Hall–Kier alpha value is -0.120. The summed E-state index contributed by atoms with van der Waals surface area (Å²) < 4.78 is 0. The Labute approximate surface area is 57.0 Å². The predicted molar refractivity (Wildman–Crippen MR) is 40.2 cm³/mol. The Kier molecular flexibility index (Phi) is 5.93. The molecule has 0 saturated heterocycles. The molecule has 0 amide bonds. The molecule has 0 atom stereocenters. The van der Waals surface area contributed by atoms with Gasteiger partial charge < -0.3 is 16.4 Å². The molecule has 0 aromatic carbocycles. The lowest BCUT2D eigenvalue weighted by atomic mass is 10.4. The molecular formula is C6H17N3. The number of hydrogen-bond acceptors (Lipinski definition) is 3. The highest BCUT2D eigenvalue weighted by Gasteiger charge is 1.92. The SMILES string of the molecule is CN(CCN)CCCN. The van der Waals surface area contributed by atoms with Crippen LogP contribution in [-0.2, 0) is 0 Å². The second-order valence-electron chi connectivity index (χ2n) is 2.23. The van der Waals surface area contributed by atoms with E-state index in [1.54, 1.807) is 0 Å². The van der Waals surface area contributed by atoms with Gasteiger partial charge in [0.2, 0.25) is 0 Å². The lowest BCUT2D eigenvalue weighted by Gasteiger charge is -2.13. The summed E-state index contributed by atoms with van der Waals surface area (Å²) in [6.45, 7) is 3.55. The normalized spacial score (nSPS) is 10.7. The van der Waals surface area contributed by atoms with Crippen LogP contribution in [0.1, 0.15) is 6.42 Å². The maximum atomic E-state index is 5.33. The van der Waals surface area contributed by atoms with Crippen LogP contribution in [0.2, 0.25) is 0 Å². The van der Waals surface area contributed by atoms with Crippen molar-refractivity contribution >= 4 is 0 Å². The zero-order valence-electron chi connectivity index (χ0n) is 6.14. The quantitative estimate of drug-likeness (QED) is 0.515. The van der Waals surface area contributed by atoms with Crippen molar-refractivity contribution in [2.45, 2.75) is 6.42 Å². The summed E-state index contributed by atoms with van der Waals surface area (Å²) in [5.74, 6) is 0. The second kappa shape index (κ2) is 6.01. The van der Waals surface area contributed by atoms with Crippen LogP contribution < -0.4 is 11.5 Å². The van der Waals surface area contributed by atoms with Gasteiger partial charge in [-0.1, -0.05) is 0 Å². The Bertz CT molecular complexity index is 56.3. The zero-order chi connectivity index (χ0) is 7.11. The van der Waals surface area contributed by atoms with Crippen LogP contribution >= 0.6 is 0 Å². The molecule has 0 aliphatic carbocycles. The maximum Gasteiger partial charge on any atom is 0.0102 e. The van der Waals surface area contributed by atoms with Gasteiger partial charge in [-0.05, 0) is 26.6 Å². The van der Waals surface area contributed by atoms with Crippen molar-refractivity contribution in [3.05, 3.63) is 0 Å². The molecule has 0 fully saturated rings. The Morgan fingerprint density at radius 1 is 1.11 bits per heavy atom. The molecule has 0 rings (SSSR count). The van der Waals surface area contributed by atoms with Gasteiger partial charge in [-0.3, -0.25) is 0 Å². The summed E-state index contributed by atoms with van der Waals surface area (Å²) in [6, 6.07) is 0. The Morgan fingerprint density at radius 2 is 1.78 bits per heavy atom. The average molecular weight is 131 g/mol. The fourth-order valence-electron chi connectivity index (χ4n) is 0.693. The van der Waals surface area contributed by atoms with Crippen molar-refractivity contribution in [2.75, 3.05) is 33.2 Å². The van der Waals surface area contributed by atoms with Gasteiger partial charge in [0.05, 0.1) is 0 Å². The summed E-state index contributed by atoms with van der Waals surface area (Å²) in [4.78, 5) is 2.19. The van der Waals surface area contributed by atoms with Crippen molar-refractivity contribution in [3.63, 3.8) is 0 Å². The molecule has 0 aliphatic heterocycles. The van der Waals surface area contributed by atoms with E-state index in [4.69, 9.17) is 11.5 Å². The molecule has 9 heavy (non-hydrogen) atoms. The summed E-state index contributed by atoms with van der Waals surface area (Å²) in [5.41, 5.74) is 10.6. The van der Waals surface area contributed by atoms with E-state index in [9.17, 15) is 0 Å². The number of likely N-dealkylation sites (N-methyl/N-ethyl adjacent to an activating group) is 1. The molecule has 56 valence electrons. The van der Waals surface area contributed by atoms with Gasteiger partial charge in [-0.25, -0.2) is 0 Å². The largest absolute Gasteiger partial charge is 0.330 e. The standard InChI is InChI=1S/C6H17N3/c1-9(6-4-8)5-2-3-7/h2-8H2,1H3. The first-order valence-corrected chi connectivity index (χ1v) is 3.40. The summed E-state index contributed by atoms with van der Waals surface area (Å²) in [7, 11) is 2.06. The second-order valence-corrected chi connectivity index (χ2v) is 2.23. The van der Waals surface area contributed by atoms with E-state index in [1.807, 2.05) is 0 Å². The molecule has 0 heterocycles. The first-order valence-electron chi connectivity index (χ1n) is 3.40. The van der Waals surface area contributed by atoms with E-state index in [0.29, 0.717) is 0 Å². The number of nitrogens with two attached hydrogens (primary N) is 2. The minimum atomic E-state index is 0.737. The number of hydrogen-bond donors (Lipinski definition) is 2. The van der Waals surface area contributed by atoms with Gasteiger partial charge in [-0.15, -0.1) is 0 Å². The monoisotopic (exact) mass is 131 g/mol. The zero-order valence-corrected chi connectivity index (χ0v) is 6.14.